The van der Waals surface area contributed by atoms with Crippen LogP contribution in [0.15, 0.2) is 0 Å². The van der Waals surface area contributed by atoms with Gasteiger partial charge in [0.15, 0.2) is 0 Å². The van der Waals surface area contributed by atoms with Crippen LogP contribution in [-0.4, -0.2) is 10.7 Å². The molecule has 17 heavy (non-hydrogen) atoms. The van der Waals surface area contributed by atoms with Gasteiger partial charge >= 0.3 is 0 Å². The lowest BCUT2D eigenvalue weighted by molar-refractivity contribution is 0.0129. The molecule has 1 fully saturated rings. The van der Waals surface area contributed by atoms with Gasteiger partial charge in [0, 0.05) is 0 Å². The van der Waals surface area contributed by atoms with Gasteiger partial charge in [-0.05, 0) is 31.6 Å². The first kappa shape index (κ1) is 15.0. The van der Waals surface area contributed by atoms with Gasteiger partial charge in [0.2, 0.25) is 0 Å². The van der Waals surface area contributed by atoms with Crippen molar-refractivity contribution >= 4 is 0 Å². The standard InChI is InChI=1S/C16H32O/c1-3-5-6-7-12-16(17)13-8-10-15(9-4-2)11-14-16/h15,17H,3-14H2,1-2H3. The molecule has 0 bridgehead atoms. The maximum absolute atomic E-state index is 10.6. The van der Waals surface area contributed by atoms with E-state index in [9.17, 15) is 5.11 Å². The maximum Gasteiger partial charge on any atom is 0.0648 e. The number of hydrogen-bond donors (Lipinski definition) is 1. The molecular weight excluding hydrogens is 208 g/mol. The van der Waals surface area contributed by atoms with Crippen molar-refractivity contribution in [3.63, 3.8) is 0 Å². The van der Waals surface area contributed by atoms with E-state index in [-0.39, 0.29) is 5.60 Å². The monoisotopic (exact) mass is 240 g/mol. The Bertz CT molecular complexity index is 190. The summed E-state index contributed by atoms with van der Waals surface area (Å²) >= 11 is 0. The van der Waals surface area contributed by atoms with Gasteiger partial charge in [-0.2, -0.15) is 0 Å². The minimum absolute atomic E-state index is 0.309. The average molecular weight is 240 g/mol. The number of unbranched alkanes of at least 4 members (excludes halogenated alkanes) is 3. The Morgan fingerprint density at radius 1 is 1.00 bits per heavy atom. The predicted molar refractivity (Wildman–Crippen MR) is 75.2 cm³/mol. The van der Waals surface area contributed by atoms with Crippen LogP contribution in [0.2, 0.25) is 0 Å². The lowest BCUT2D eigenvalue weighted by atomic mass is 9.87. The topological polar surface area (TPSA) is 20.2 Å². The molecule has 1 nitrogen and oxygen atoms in total. The molecule has 1 saturated carbocycles. The zero-order valence-electron chi connectivity index (χ0n) is 12.0. The molecule has 1 aliphatic carbocycles. The van der Waals surface area contributed by atoms with Crippen molar-refractivity contribution < 1.29 is 5.11 Å². The normalized spacial score (nSPS) is 30.2. The second kappa shape index (κ2) is 8.13. The minimum Gasteiger partial charge on any atom is -0.390 e. The summed E-state index contributed by atoms with van der Waals surface area (Å²) in [6.07, 6.45) is 14.8. The zero-order chi connectivity index (χ0) is 12.6. The number of hydrogen-bond acceptors (Lipinski definition) is 1. The molecule has 0 spiro atoms. The molecule has 2 unspecified atom stereocenters. The molecule has 0 saturated heterocycles. The first-order chi connectivity index (χ1) is 8.20. The van der Waals surface area contributed by atoms with Crippen LogP contribution in [0, 0.1) is 5.92 Å². The molecule has 1 heteroatoms. The molecule has 1 N–H and O–H groups in total. The highest BCUT2D eigenvalue weighted by atomic mass is 16.3. The molecule has 0 aromatic carbocycles. The molecule has 2 atom stereocenters. The number of rotatable bonds is 7. The van der Waals surface area contributed by atoms with Crippen LogP contribution in [0.3, 0.4) is 0 Å². The van der Waals surface area contributed by atoms with E-state index in [1.54, 1.807) is 0 Å². The Hall–Kier alpha value is -0.0400. The van der Waals surface area contributed by atoms with Gasteiger partial charge in [-0.15, -0.1) is 0 Å². The van der Waals surface area contributed by atoms with Crippen LogP contribution in [-0.2, 0) is 0 Å². The first-order valence-electron chi connectivity index (χ1n) is 7.92. The van der Waals surface area contributed by atoms with Gasteiger partial charge in [-0.1, -0.05) is 65.2 Å². The van der Waals surface area contributed by atoms with Crippen molar-refractivity contribution in [3.8, 4) is 0 Å². The molecule has 0 aliphatic heterocycles. The van der Waals surface area contributed by atoms with Gasteiger partial charge < -0.3 is 5.11 Å². The molecule has 0 radical (unpaired) electrons. The van der Waals surface area contributed by atoms with Crippen LogP contribution in [0.25, 0.3) is 0 Å². The summed E-state index contributed by atoms with van der Waals surface area (Å²) in [5.74, 6) is 0.893. The molecule has 1 rings (SSSR count). The molecule has 102 valence electrons. The molecule has 0 heterocycles. The Morgan fingerprint density at radius 3 is 2.53 bits per heavy atom. The van der Waals surface area contributed by atoms with Gasteiger partial charge in [0.1, 0.15) is 0 Å². The van der Waals surface area contributed by atoms with Crippen molar-refractivity contribution in [2.75, 3.05) is 0 Å². The highest BCUT2D eigenvalue weighted by Gasteiger charge is 2.29. The van der Waals surface area contributed by atoms with E-state index < -0.39 is 0 Å². The third-order valence-corrected chi connectivity index (χ3v) is 4.47. The highest BCUT2D eigenvalue weighted by Crippen LogP contribution is 2.35. The second-order valence-electron chi connectivity index (χ2n) is 6.12. The molecule has 1 aliphatic rings. The van der Waals surface area contributed by atoms with Crippen molar-refractivity contribution in [3.05, 3.63) is 0 Å². The van der Waals surface area contributed by atoms with E-state index >= 15 is 0 Å². The van der Waals surface area contributed by atoms with Gasteiger partial charge in [0.05, 0.1) is 5.60 Å². The SMILES string of the molecule is CCCCCCC1(O)CCCC(CCC)CC1. The first-order valence-corrected chi connectivity index (χ1v) is 7.92. The second-order valence-corrected chi connectivity index (χ2v) is 6.12. The summed E-state index contributed by atoms with van der Waals surface area (Å²) in [6.45, 7) is 4.53. The summed E-state index contributed by atoms with van der Waals surface area (Å²) in [6, 6.07) is 0. The van der Waals surface area contributed by atoms with E-state index in [0.717, 1.165) is 25.2 Å². The highest BCUT2D eigenvalue weighted by molar-refractivity contribution is 4.83. The third-order valence-electron chi connectivity index (χ3n) is 4.47. The summed E-state index contributed by atoms with van der Waals surface area (Å²) < 4.78 is 0. The Labute approximate surface area is 108 Å². The Balaban J connectivity index is 2.27. The summed E-state index contributed by atoms with van der Waals surface area (Å²) in [7, 11) is 0. The smallest absolute Gasteiger partial charge is 0.0648 e. The number of aliphatic hydroxyl groups is 1. The Kier molecular flexibility index (Phi) is 7.18. The van der Waals surface area contributed by atoms with E-state index in [0.29, 0.717) is 0 Å². The van der Waals surface area contributed by atoms with E-state index in [4.69, 9.17) is 0 Å². The van der Waals surface area contributed by atoms with Gasteiger partial charge in [-0.3, -0.25) is 0 Å². The fourth-order valence-electron chi connectivity index (χ4n) is 3.29. The largest absolute Gasteiger partial charge is 0.390 e. The van der Waals surface area contributed by atoms with Crippen molar-refractivity contribution in [1.29, 1.82) is 0 Å². The fourth-order valence-corrected chi connectivity index (χ4v) is 3.29. The summed E-state index contributed by atoms with van der Waals surface area (Å²) in [5.41, 5.74) is -0.309. The quantitative estimate of drug-likeness (QED) is 0.486. The van der Waals surface area contributed by atoms with Gasteiger partial charge in [-0.25, -0.2) is 0 Å². The average Bonchev–Trinajstić information content (AvgIpc) is 2.49. The predicted octanol–water partition coefficient (Wildman–Crippen LogP) is 5.07. The maximum atomic E-state index is 10.6. The van der Waals surface area contributed by atoms with E-state index in [1.807, 2.05) is 0 Å². The van der Waals surface area contributed by atoms with Crippen LogP contribution in [0.5, 0.6) is 0 Å². The van der Waals surface area contributed by atoms with Crippen LogP contribution < -0.4 is 0 Å². The van der Waals surface area contributed by atoms with Crippen molar-refractivity contribution in [1.82, 2.24) is 0 Å². The lowest BCUT2D eigenvalue weighted by Crippen LogP contribution is -2.27. The lowest BCUT2D eigenvalue weighted by Gasteiger charge is -2.26. The van der Waals surface area contributed by atoms with Crippen molar-refractivity contribution in [2.45, 2.75) is 96.5 Å². The summed E-state index contributed by atoms with van der Waals surface area (Å²) in [4.78, 5) is 0. The molecule has 0 aromatic rings. The third kappa shape index (κ3) is 5.90. The minimum atomic E-state index is -0.309. The molecule has 0 amide bonds. The van der Waals surface area contributed by atoms with Crippen LogP contribution >= 0.6 is 0 Å². The van der Waals surface area contributed by atoms with Gasteiger partial charge in [0.25, 0.3) is 0 Å². The van der Waals surface area contributed by atoms with Crippen LogP contribution in [0.1, 0.15) is 90.9 Å². The fraction of sp³-hybridized carbons (Fsp3) is 1.00. The summed E-state index contributed by atoms with van der Waals surface area (Å²) in [5, 5.41) is 10.6. The van der Waals surface area contributed by atoms with Crippen molar-refractivity contribution in [2.24, 2.45) is 5.92 Å². The van der Waals surface area contributed by atoms with Crippen LogP contribution in [0.4, 0.5) is 0 Å². The molecule has 0 aromatic heterocycles. The van der Waals surface area contributed by atoms with E-state index in [1.165, 1.54) is 57.8 Å². The molecular formula is C16H32O. The zero-order valence-corrected chi connectivity index (χ0v) is 12.0. The Morgan fingerprint density at radius 2 is 1.82 bits per heavy atom. The van der Waals surface area contributed by atoms with E-state index in [2.05, 4.69) is 13.8 Å².